The highest BCUT2D eigenvalue weighted by atomic mass is 79.9. The molecule has 2 aliphatic heterocycles. The Balaban J connectivity index is 1.54. The molecule has 6 heteroatoms. The van der Waals surface area contributed by atoms with E-state index in [1.54, 1.807) is 5.01 Å². The van der Waals surface area contributed by atoms with Crippen molar-refractivity contribution in [2.24, 2.45) is 15.1 Å². The Bertz CT molecular complexity index is 1170. The minimum atomic E-state index is -0.323. The van der Waals surface area contributed by atoms with Gasteiger partial charge in [0.2, 0.25) is 0 Å². The first-order chi connectivity index (χ1) is 14.6. The molecule has 0 saturated heterocycles. The third-order valence-electron chi connectivity index (χ3n) is 5.46. The van der Waals surface area contributed by atoms with Crippen LogP contribution in [-0.4, -0.2) is 40.3 Å². The lowest BCUT2D eigenvalue weighted by atomic mass is 10.0. The maximum Gasteiger partial charge on any atom is 0.274 e. The van der Waals surface area contributed by atoms with Crippen molar-refractivity contribution < 1.29 is 4.79 Å². The lowest BCUT2D eigenvalue weighted by Gasteiger charge is -2.21. The van der Waals surface area contributed by atoms with E-state index in [4.69, 9.17) is 15.1 Å². The van der Waals surface area contributed by atoms with Gasteiger partial charge in [0.25, 0.3) is 5.91 Å². The van der Waals surface area contributed by atoms with Crippen LogP contribution in [0.4, 0.5) is 0 Å². The Hall–Kier alpha value is -3.12. The third kappa shape index (κ3) is 3.37. The quantitative estimate of drug-likeness (QED) is 0.655. The molecule has 0 N–H and O–H groups in total. The normalized spacial score (nSPS) is 21.9. The summed E-state index contributed by atoms with van der Waals surface area (Å²) in [5.41, 5.74) is 4.33. The highest BCUT2D eigenvalue weighted by molar-refractivity contribution is 9.10. The largest absolute Gasteiger partial charge is 0.274 e. The van der Waals surface area contributed by atoms with Crippen LogP contribution in [0.3, 0.4) is 0 Å². The summed E-state index contributed by atoms with van der Waals surface area (Å²) in [4.78, 5) is 23.0. The molecular weight excluding hydrogens is 440 g/mol. The molecule has 1 amide bonds. The second kappa shape index (κ2) is 7.61. The van der Waals surface area contributed by atoms with Crippen molar-refractivity contribution in [3.63, 3.8) is 0 Å². The summed E-state index contributed by atoms with van der Waals surface area (Å²) in [6, 6.07) is 15.2. The second-order valence-corrected chi connectivity index (χ2v) is 8.37. The van der Waals surface area contributed by atoms with Crippen LogP contribution >= 0.6 is 15.9 Å². The summed E-state index contributed by atoms with van der Waals surface area (Å²) in [6.07, 6.45) is 8.51. The van der Waals surface area contributed by atoms with E-state index in [2.05, 4.69) is 15.9 Å². The van der Waals surface area contributed by atoms with E-state index in [-0.39, 0.29) is 18.0 Å². The summed E-state index contributed by atoms with van der Waals surface area (Å²) < 4.78 is 1.00. The molecule has 1 aliphatic carbocycles. The number of fused-ring (bicyclic) bond motifs is 1. The predicted octanol–water partition coefficient (Wildman–Crippen LogP) is 4.72. The van der Waals surface area contributed by atoms with E-state index in [1.807, 2.05) is 79.8 Å². The number of hydrazone groups is 1. The zero-order valence-corrected chi connectivity index (χ0v) is 18.0. The standard InChI is InChI=1S/C24H19BrN4O/c1-15-6-2-3-7-18(15)24(30)29-22(23-26-19-8-4-5-9-20(19)27-23)14-21(28-29)16-10-12-17(25)13-11-16/h2-13,19,22H,14H2,1H3. The number of halogens is 1. The summed E-state index contributed by atoms with van der Waals surface area (Å²) in [5, 5.41) is 6.31. The number of carbonyl (C=O) groups excluding carboxylic acids is 1. The Morgan fingerprint density at radius 3 is 2.67 bits per heavy atom. The average molecular weight is 459 g/mol. The number of hydrogen-bond donors (Lipinski definition) is 0. The number of aliphatic imine (C=N–C) groups is 2. The monoisotopic (exact) mass is 458 g/mol. The Morgan fingerprint density at radius 2 is 1.90 bits per heavy atom. The minimum absolute atomic E-state index is 0.0721. The van der Waals surface area contributed by atoms with Crippen molar-refractivity contribution in [1.82, 2.24) is 5.01 Å². The van der Waals surface area contributed by atoms with E-state index in [0.717, 1.165) is 27.0 Å². The molecule has 2 aromatic rings. The molecule has 0 spiro atoms. The van der Waals surface area contributed by atoms with Crippen LogP contribution < -0.4 is 0 Å². The van der Waals surface area contributed by atoms with Crippen LogP contribution in [0.5, 0.6) is 0 Å². The van der Waals surface area contributed by atoms with Crippen LogP contribution in [0, 0.1) is 6.92 Å². The first-order valence-electron chi connectivity index (χ1n) is 9.84. The molecule has 0 saturated carbocycles. The van der Waals surface area contributed by atoms with Gasteiger partial charge in [-0.15, -0.1) is 0 Å². The zero-order chi connectivity index (χ0) is 20.7. The number of carbonyl (C=O) groups is 1. The molecule has 0 aromatic heterocycles. The molecule has 30 heavy (non-hydrogen) atoms. The Labute approximate surface area is 183 Å². The first-order valence-corrected chi connectivity index (χ1v) is 10.6. The third-order valence-corrected chi connectivity index (χ3v) is 5.99. The maximum absolute atomic E-state index is 13.5. The fourth-order valence-corrected chi connectivity index (χ4v) is 4.11. The first kappa shape index (κ1) is 18.9. The second-order valence-electron chi connectivity index (χ2n) is 7.45. The van der Waals surface area contributed by atoms with Crippen molar-refractivity contribution in [3.05, 3.63) is 94.0 Å². The average Bonchev–Trinajstić information content (AvgIpc) is 3.38. The fraction of sp³-hybridized carbons (Fsp3) is 0.167. The number of rotatable bonds is 3. The topological polar surface area (TPSA) is 57.4 Å². The Morgan fingerprint density at radius 1 is 1.10 bits per heavy atom. The lowest BCUT2D eigenvalue weighted by molar-refractivity contribution is 0.0750. The van der Waals surface area contributed by atoms with Crippen LogP contribution in [0.25, 0.3) is 0 Å². The number of benzene rings is 2. The smallest absolute Gasteiger partial charge is 0.267 e. The Kier molecular flexibility index (Phi) is 4.79. The SMILES string of the molecule is Cc1ccccc1C(=O)N1N=C(c2ccc(Br)cc2)CC1C1=NC2C=CC=CC2=N1. The zero-order valence-electron chi connectivity index (χ0n) is 16.4. The van der Waals surface area contributed by atoms with Crippen LogP contribution in [-0.2, 0) is 0 Å². The fourth-order valence-electron chi connectivity index (χ4n) is 3.85. The van der Waals surface area contributed by atoms with Gasteiger partial charge in [-0.3, -0.25) is 9.79 Å². The van der Waals surface area contributed by atoms with Crippen LogP contribution in [0.15, 0.2) is 92.4 Å². The molecule has 0 bridgehead atoms. The van der Waals surface area contributed by atoms with Gasteiger partial charge in [-0.05, 0) is 42.3 Å². The van der Waals surface area contributed by atoms with Crippen LogP contribution in [0.2, 0.25) is 0 Å². The summed E-state index contributed by atoms with van der Waals surface area (Å²) in [5.74, 6) is 0.526. The van der Waals surface area contributed by atoms with Crippen molar-refractivity contribution in [2.75, 3.05) is 0 Å². The molecule has 3 aliphatic rings. The number of amides is 1. The molecule has 0 fully saturated rings. The van der Waals surface area contributed by atoms with Gasteiger partial charge in [0.05, 0.1) is 11.4 Å². The predicted molar refractivity (Wildman–Crippen MR) is 123 cm³/mol. The molecule has 5 nitrogen and oxygen atoms in total. The van der Waals surface area contributed by atoms with Gasteiger partial charge in [-0.1, -0.05) is 64.5 Å². The van der Waals surface area contributed by atoms with Gasteiger partial charge < -0.3 is 0 Å². The van der Waals surface area contributed by atoms with Gasteiger partial charge in [0, 0.05) is 16.5 Å². The molecule has 2 aromatic carbocycles. The molecular formula is C24H19BrN4O. The number of nitrogens with zero attached hydrogens (tertiary/aromatic N) is 4. The number of allylic oxidation sites excluding steroid dienone is 2. The van der Waals surface area contributed by atoms with Gasteiger partial charge >= 0.3 is 0 Å². The van der Waals surface area contributed by atoms with Gasteiger partial charge in [-0.25, -0.2) is 10.0 Å². The van der Waals surface area contributed by atoms with E-state index >= 15 is 0 Å². The van der Waals surface area contributed by atoms with E-state index in [1.165, 1.54) is 0 Å². The van der Waals surface area contributed by atoms with E-state index in [9.17, 15) is 4.79 Å². The summed E-state index contributed by atoms with van der Waals surface area (Å²) in [7, 11) is 0. The van der Waals surface area contributed by atoms with Crippen molar-refractivity contribution in [2.45, 2.75) is 25.4 Å². The number of amidine groups is 1. The number of aryl methyl sites for hydroxylation is 1. The van der Waals surface area contributed by atoms with E-state index < -0.39 is 0 Å². The van der Waals surface area contributed by atoms with Gasteiger partial charge in [-0.2, -0.15) is 5.10 Å². The maximum atomic E-state index is 13.5. The van der Waals surface area contributed by atoms with Crippen LogP contribution in [0.1, 0.15) is 27.9 Å². The molecule has 148 valence electrons. The van der Waals surface area contributed by atoms with Gasteiger partial charge in [0.15, 0.2) is 0 Å². The molecule has 5 rings (SSSR count). The molecule has 2 heterocycles. The highest BCUT2D eigenvalue weighted by Gasteiger charge is 2.38. The number of hydrogen-bond acceptors (Lipinski definition) is 4. The molecule has 2 unspecified atom stereocenters. The van der Waals surface area contributed by atoms with E-state index in [0.29, 0.717) is 17.8 Å². The molecule has 2 atom stereocenters. The molecule has 0 radical (unpaired) electrons. The summed E-state index contributed by atoms with van der Waals surface area (Å²) in [6.45, 7) is 1.94. The van der Waals surface area contributed by atoms with Crippen molar-refractivity contribution in [1.29, 1.82) is 0 Å². The minimum Gasteiger partial charge on any atom is -0.267 e. The van der Waals surface area contributed by atoms with Gasteiger partial charge in [0.1, 0.15) is 17.9 Å². The van der Waals surface area contributed by atoms with Crippen molar-refractivity contribution >= 4 is 39.1 Å². The lowest BCUT2D eigenvalue weighted by Crippen LogP contribution is -2.38. The highest BCUT2D eigenvalue weighted by Crippen LogP contribution is 2.28. The van der Waals surface area contributed by atoms with Crippen molar-refractivity contribution in [3.8, 4) is 0 Å². The summed E-state index contributed by atoms with van der Waals surface area (Å²) >= 11 is 3.47.